The molecule has 118 valence electrons. The lowest BCUT2D eigenvalue weighted by molar-refractivity contribution is -0.137. The molecular weight excluding hydrogens is 264 g/mol. The molecule has 1 atom stereocenters. The molecule has 1 aromatic carbocycles. The second-order valence-electron chi connectivity index (χ2n) is 6.35. The first-order chi connectivity index (χ1) is 9.82. The zero-order valence-corrected chi connectivity index (χ0v) is 13.6. The molecule has 1 rings (SSSR count). The van der Waals surface area contributed by atoms with Crippen LogP contribution in [0.4, 0.5) is 0 Å². The second-order valence-corrected chi connectivity index (χ2v) is 6.35. The van der Waals surface area contributed by atoms with Crippen molar-refractivity contribution in [1.29, 1.82) is 0 Å². The SMILES string of the molecule is CC(C)c1ccc(C(O)CCCCC(=O)O)c(C(C)C)c1. The highest BCUT2D eigenvalue weighted by atomic mass is 16.4. The number of aliphatic hydroxyl groups is 1. The first kappa shape index (κ1) is 17.7. The summed E-state index contributed by atoms with van der Waals surface area (Å²) in [6, 6.07) is 6.32. The predicted molar refractivity (Wildman–Crippen MR) is 85.7 cm³/mol. The van der Waals surface area contributed by atoms with Crippen LogP contribution in [0.1, 0.15) is 88.0 Å². The number of aliphatic hydroxyl groups excluding tert-OH is 1. The predicted octanol–water partition coefficient (Wildman–Crippen LogP) is 4.61. The van der Waals surface area contributed by atoms with Gasteiger partial charge in [0, 0.05) is 6.42 Å². The Bertz CT molecular complexity index is 464. The lowest BCUT2D eigenvalue weighted by Crippen LogP contribution is -2.06. The second kappa shape index (κ2) is 8.18. The minimum atomic E-state index is -0.770. The normalized spacial score (nSPS) is 12.9. The molecule has 0 saturated heterocycles. The maximum atomic E-state index is 10.5. The van der Waals surface area contributed by atoms with Crippen LogP contribution < -0.4 is 0 Å². The van der Waals surface area contributed by atoms with Crippen LogP contribution in [0.2, 0.25) is 0 Å². The zero-order chi connectivity index (χ0) is 16.0. The molecule has 0 amide bonds. The van der Waals surface area contributed by atoms with Crippen molar-refractivity contribution in [2.75, 3.05) is 0 Å². The highest BCUT2D eigenvalue weighted by Crippen LogP contribution is 2.31. The Morgan fingerprint density at radius 3 is 2.24 bits per heavy atom. The van der Waals surface area contributed by atoms with Crippen molar-refractivity contribution in [2.45, 2.75) is 71.3 Å². The number of carboxylic acid groups (broad SMARTS) is 1. The van der Waals surface area contributed by atoms with Gasteiger partial charge in [-0.15, -0.1) is 0 Å². The fourth-order valence-electron chi connectivity index (χ4n) is 2.53. The quantitative estimate of drug-likeness (QED) is 0.688. The third kappa shape index (κ3) is 5.50. The van der Waals surface area contributed by atoms with E-state index in [4.69, 9.17) is 5.11 Å². The molecule has 3 nitrogen and oxygen atoms in total. The van der Waals surface area contributed by atoms with E-state index in [2.05, 4.69) is 39.8 Å². The third-order valence-corrected chi connectivity index (χ3v) is 3.88. The first-order valence-corrected chi connectivity index (χ1v) is 7.86. The van der Waals surface area contributed by atoms with Crippen LogP contribution in [0.3, 0.4) is 0 Å². The Labute approximate surface area is 128 Å². The maximum Gasteiger partial charge on any atom is 0.303 e. The summed E-state index contributed by atoms with van der Waals surface area (Å²) in [6.07, 6.45) is 1.64. The summed E-state index contributed by atoms with van der Waals surface area (Å²) in [5.74, 6) is 0.0743. The van der Waals surface area contributed by atoms with E-state index in [0.717, 1.165) is 12.0 Å². The van der Waals surface area contributed by atoms with Gasteiger partial charge in [0.1, 0.15) is 0 Å². The number of carboxylic acids is 1. The molecule has 0 bridgehead atoms. The van der Waals surface area contributed by atoms with Crippen molar-refractivity contribution in [1.82, 2.24) is 0 Å². The number of benzene rings is 1. The molecular formula is C18H28O3. The lowest BCUT2D eigenvalue weighted by Gasteiger charge is -2.20. The van der Waals surface area contributed by atoms with Gasteiger partial charge in [0.25, 0.3) is 0 Å². The molecule has 0 aliphatic rings. The summed E-state index contributed by atoms with van der Waals surface area (Å²) in [4.78, 5) is 10.5. The van der Waals surface area contributed by atoms with Crippen LogP contribution in [0.5, 0.6) is 0 Å². The largest absolute Gasteiger partial charge is 0.481 e. The molecule has 3 heteroatoms. The van der Waals surface area contributed by atoms with Crippen molar-refractivity contribution < 1.29 is 15.0 Å². The third-order valence-electron chi connectivity index (χ3n) is 3.88. The maximum absolute atomic E-state index is 10.5. The van der Waals surface area contributed by atoms with Crippen LogP contribution in [0, 0.1) is 0 Å². The number of carbonyl (C=O) groups is 1. The smallest absolute Gasteiger partial charge is 0.303 e. The van der Waals surface area contributed by atoms with Gasteiger partial charge in [-0.1, -0.05) is 45.9 Å². The molecule has 2 N–H and O–H groups in total. The van der Waals surface area contributed by atoms with E-state index in [1.54, 1.807) is 0 Å². The zero-order valence-electron chi connectivity index (χ0n) is 13.6. The Kier molecular flexibility index (Phi) is 6.90. The Hall–Kier alpha value is -1.35. The van der Waals surface area contributed by atoms with Crippen LogP contribution in [0.25, 0.3) is 0 Å². The molecule has 0 aliphatic carbocycles. The number of unbranched alkanes of at least 4 members (excludes halogenated alkanes) is 1. The molecule has 1 aromatic rings. The molecule has 0 aliphatic heterocycles. The van der Waals surface area contributed by atoms with Crippen LogP contribution in [0.15, 0.2) is 18.2 Å². The number of aliphatic carboxylic acids is 1. The van der Waals surface area contributed by atoms with Gasteiger partial charge in [0.05, 0.1) is 6.10 Å². The van der Waals surface area contributed by atoms with Crippen molar-refractivity contribution in [3.63, 3.8) is 0 Å². The summed E-state index contributed by atoms with van der Waals surface area (Å²) in [5, 5.41) is 19.0. The minimum absolute atomic E-state index is 0.177. The van der Waals surface area contributed by atoms with Crippen molar-refractivity contribution >= 4 is 5.97 Å². The molecule has 0 heterocycles. The number of hydrogen-bond donors (Lipinski definition) is 2. The van der Waals surface area contributed by atoms with E-state index >= 15 is 0 Å². The summed E-state index contributed by atoms with van der Waals surface area (Å²) in [6.45, 7) is 8.61. The fraction of sp³-hybridized carbons (Fsp3) is 0.611. The van der Waals surface area contributed by atoms with Crippen LogP contribution in [-0.2, 0) is 4.79 Å². The van der Waals surface area contributed by atoms with Crippen molar-refractivity contribution in [3.05, 3.63) is 34.9 Å². The molecule has 0 radical (unpaired) electrons. The van der Waals surface area contributed by atoms with Gasteiger partial charge in [0.15, 0.2) is 0 Å². The van der Waals surface area contributed by atoms with E-state index < -0.39 is 12.1 Å². The summed E-state index contributed by atoms with van der Waals surface area (Å²) >= 11 is 0. The van der Waals surface area contributed by atoms with Gasteiger partial charge in [-0.3, -0.25) is 4.79 Å². The lowest BCUT2D eigenvalue weighted by atomic mass is 9.88. The molecule has 1 unspecified atom stereocenters. The van der Waals surface area contributed by atoms with Crippen LogP contribution in [-0.4, -0.2) is 16.2 Å². The Balaban J connectivity index is 2.78. The topological polar surface area (TPSA) is 57.5 Å². The van der Waals surface area contributed by atoms with E-state index in [1.165, 1.54) is 11.1 Å². The molecule has 0 spiro atoms. The van der Waals surface area contributed by atoms with Gasteiger partial charge >= 0.3 is 5.97 Å². The van der Waals surface area contributed by atoms with Crippen LogP contribution >= 0.6 is 0 Å². The summed E-state index contributed by atoms with van der Waals surface area (Å²) in [7, 11) is 0. The monoisotopic (exact) mass is 292 g/mol. The van der Waals surface area contributed by atoms with Gasteiger partial charge in [-0.2, -0.15) is 0 Å². The Morgan fingerprint density at radius 1 is 1.05 bits per heavy atom. The van der Waals surface area contributed by atoms with Crippen molar-refractivity contribution in [3.8, 4) is 0 Å². The van der Waals surface area contributed by atoms with E-state index in [-0.39, 0.29) is 6.42 Å². The molecule has 0 fully saturated rings. The first-order valence-electron chi connectivity index (χ1n) is 7.86. The van der Waals surface area contributed by atoms with Crippen molar-refractivity contribution in [2.24, 2.45) is 0 Å². The highest BCUT2D eigenvalue weighted by molar-refractivity contribution is 5.66. The fourth-order valence-corrected chi connectivity index (χ4v) is 2.53. The Morgan fingerprint density at radius 2 is 1.71 bits per heavy atom. The molecule has 21 heavy (non-hydrogen) atoms. The van der Waals surface area contributed by atoms with Gasteiger partial charge < -0.3 is 10.2 Å². The van der Waals surface area contributed by atoms with E-state index in [1.807, 2.05) is 6.07 Å². The average molecular weight is 292 g/mol. The summed E-state index contributed by atoms with van der Waals surface area (Å²) in [5.41, 5.74) is 3.48. The van der Waals surface area contributed by atoms with Gasteiger partial charge in [-0.05, 0) is 47.8 Å². The average Bonchev–Trinajstić information content (AvgIpc) is 2.42. The van der Waals surface area contributed by atoms with E-state index in [0.29, 0.717) is 24.7 Å². The summed E-state index contributed by atoms with van der Waals surface area (Å²) < 4.78 is 0. The number of rotatable bonds is 8. The standard InChI is InChI=1S/C18H28O3/c1-12(2)14-9-10-15(16(11-14)13(3)4)17(19)7-5-6-8-18(20)21/h9-13,17,19H,5-8H2,1-4H3,(H,20,21). The van der Waals surface area contributed by atoms with E-state index in [9.17, 15) is 9.90 Å². The molecule has 0 aromatic heterocycles. The van der Waals surface area contributed by atoms with Gasteiger partial charge in [0.2, 0.25) is 0 Å². The highest BCUT2D eigenvalue weighted by Gasteiger charge is 2.16. The molecule has 0 saturated carbocycles. The van der Waals surface area contributed by atoms with Gasteiger partial charge in [-0.25, -0.2) is 0 Å². The minimum Gasteiger partial charge on any atom is -0.481 e. The number of hydrogen-bond acceptors (Lipinski definition) is 2.